The molecule has 2 aromatic rings. The zero-order valence-corrected chi connectivity index (χ0v) is 8.25. The minimum absolute atomic E-state index is 0.0405. The molecule has 1 atom stereocenters. The Hall–Kier alpha value is -1.89. The van der Waals surface area contributed by atoms with E-state index in [-0.39, 0.29) is 6.04 Å². The molecule has 2 heterocycles. The Balaban J connectivity index is 1.89. The van der Waals surface area contributed by atoms with Gasteiger partial charge in [0.2, 0.25) is 0 Å². The first-order valence-corrected chi connectivity index (χ1v) is 4.58. The van der Waals surface area contributed by atoms with E-state index in [1.54, 1.807) is 6.20 Å². The maximum Gasteiger partial charge on any atom is 0.191 e. The first-order chi connectivity index (χ1) is 7.36. The van der Waals surface area contributed by atoms with E-state index < -0.39 is 0 Å². The first kappa shape index (κ1) is 9.66. The van der Waals surface area contributed by atoms with Gasteiger partial charge in [0.1, 0.15) is 6.33 Å². The van der Waals surface area contributed by atoms with Crippen molar-refractivity contribution in [1.82, 2.24) is 35.9 Å². The lowest BCUT2D eigenvalue weighted by atomic mass is 10.3. The maximum absolute atomic E-state index is 4.09. The van der Waals surface area contributed by atoms with E-state index in [9.17, 15) is 0 Å². The topological polar surface area (TPSA) is 92.3 Å². The number of hydrogen-bond acceptors (Lipinski definition) is 6. The van der Waals surface area contributed by atoms with Crippen molar-refractivity contribution >= 4 is 0 Å². The molecule has 0 saturated heterocycles. The summed E-state index contributed by atoms with van der Waals surface area (Å²) >= 11 is 0. The molecule has 0 aliphatic rings. The van der Waals surface area contributed by atoms with Crippen LogP contribution in [0.3, 0.4) is 0 Å². The van der Waals surface area contributed by atoms with E-state index in [1.807, 2.05) is 13.0 Å². The summed E-state index contributed by atoms with van der Waals surface area (Å²) in [5.41, 5.74) is 0.931. The van der Waals surface area contributed by atoms with Gasteiger partial charge in [0, 0.05) is 12.7 Å². The highest BCUT2D eigenvalue weighted by Crippen LogP contribution is 2.04. The van der Waals surface area contributed by atoms with Crippen molar-refractivity contribution in [2.45, 2.75) is 19.5 Å². The summed E-state index contributed by atoms with van der Waals surface area (Å²) in [6.45, 7) is 2.62. The Morgan fingerprint density at radius 1 is 1.53 bits per heavy atom. The van der Waals surface area contributed by atoms with Crippen molar-refractivity contribution < 1.29 is 0 Å². The molecular weight excluding hydrogens is 194 g/mol. The molecule has 2 rings (SSSR count). The number of aromatic amines is 1. The van der Waals surface area contributed by atoms with Crippen LogP contribution in [0.25, 0.3) is 0 Å². The summed E-state index contributed by atoms with van der Waals surface area (Å²) in [5, 5.41) is 16.9. The molecule has 0 amide bonds. The van der Waals surface area contributed by atoms with Crippen LogP contribution in [0.2, 0.25) is 0 Å². The summed E-state index contributed by atoms with van der Waals surface area (Å²) in [6.07, 6.45) is 3.24. The fourth-order valence-electron chi connectivity index (χ4n) is 1.12. The molecule has 0 aliphatic heterocycles. The second kappa shape index (κ2) is 4.56. The molecule has 0 aromatic carbocycles. The lowest BCUT2D eigenvalue weighted by Crippen LogP contribution is -2.19. The van der Waals surface area contributed by atoms with Crippen LogP contribution in [0.4, 0.5) is 0 Å². The zero-order valence-electron chi connectivity index (χ0n) is 8.25. The number of nitrogens with zero attached hydrogens (tertiary/aromatic N) is 5. The maximum atomic E-state index is 4.09. The Morgan fingerprint density at radius 2 is 2.47 bits per heavy atom. The Kier molecular flexibility index (Phi) is 2.93. The Labute approximate surface area is 86.3 Å². The number of hydrogen-bond donors (Lipinski definition) is 2. The van der Waals surface area contributed by atoms with Gasteiger partial charge in [-0.25, -0.2) is 9.97 Å². The third kappa shape index (κ3) is 2.53. The molecule has 0 spiro atoms. The lowest BCUT2D eigenvalue weighted by molar-refractivity contribution is 0.540. The van der Waals surface area contributed by atoms with Gasteiger partial charge in [-0.15, -0.1) is 10.2 Å². The Bertz CT molecular complexity index is 385. The van der Waals surface area contributed by atoms with E-state index in [1.165, 1.54) is 6.33 Å². The van der Waals surface area contributed by atoms with E-state index in [0.29, 0.717) is 12.4 Å². The minimum Gasteiger partial charge on any atom is -0.302 e. The van der Waals surface area contributed by atoms with Crippen LogP contribution in [-0.4, -0.2) is 30.6 Å². The molecule has 7 heteroatoms. The van der Waals surface area contributed by atoms with E-state index in [4.69, 9.17) is 0 Å². The van der Waals surface area contributed by atoms with Crippen molar-refractivity contribution in [3.05, 3.63) is 30.1 Å². The first-order valence-electron chi connectivity index (χ1n) is 4.58. The van der Waals surface area contributed by atoms with E-state index in [0.717, 1.165) is 5.69 Å². The van der Waals surface area contributed by atoms with Crippen molar-refractivity contribution in [2.75, 3.05) is 0 Å². The number of rotatable bonds is 4. The smallest absolute Gasteiger partial charge is 0.191 e. The molecule has 15 heavy (non-hydrogen) atoms. The molecule has 1 unspecified atom stereocenters. The van der Waals surface area contributed by atoms with Gasteiger partial charge in [-0.2, -0.15) is 5.21 Å². The summed E-state index contributed by atoms with van der Waals surface area (Å²) in [7, 11) is 0. The molecule has 0 radical (unpaired) electrons. The molecule has 0 bridgehead atoms. The number of aromatic nitrogens is 6. The van der Waals surface area contributed by atoms with Gasteiger partial charge in [0.05, 0.1) is 11.7 Å². The van der Waals surface area contributed by atoms with Crippen molar-refractivity contribution in [3.8, 4) is 0 Å². The fourth-order valence-corrected chi connectivity index (χ4v) is 1.12. The van der Waals surface area contributed by atoms with Crippen molar-refractivity contribution in [2.24, 2.45) is 0 Å². The normalized spacial score (nSPS) is 12.6. The predicted octanol–water partition coefficient (Wildman–Crippen LogP) is -0.160. The molecule has 0 fully saturated rings. The Morgan fingerprint density at radius 3 is 3.13 bits per heavy atom. The largest absolute Gasteiger partial charge is 0.302 e. The van der Waals surface area contributed by atoms with Gasteiger partial charge < -0.3 is 5.32 Å². The number of tetrazole rings is 1. The predicted molar refractivity (Wildman–Crippen MR) is 51.5 cm³/mol. The van der Waals surface area contributed by atoms with Gasteiger partial charge in [0.15, 0.2) is 5.82 Å². The summed E-state index contributed by atoms with van der Waals surface area (Å²) < 4.78 is 0. The minimum atomic E-state index is 0.0405. The van der Waals surface area contributed by atoms with Gasteiger partial charge in [-0.1, -0.05) is 5.21 Å². The highest BCUT2D eigenvalue weighted by atomic mass is 15.5. The van der Waals surface area contributed by atoms with E-state index >= 15 is 0 Å². The van der Waals surface area contributed by atoms with Gasteiger partial charge in [0.25, 0.3) is 0 Å². The van der Waals surface area contributed by atoms with Crippen LogP contribution in [-0.2, 0) is 6.54 Å². The molecule has 7 nitrogen and oxygen atoms in total. The quantitative estimate of drug-likeness (QED) is 0.720. The third-order valence-corrected chi connectivity index (χ3v) is 1.98. The van der Waals surface area contributed by atoms with Crippen LogP contribution in [0.1, 0.15) is 24.5 Å². The second-order valence-electron chi connectivity index (χ2n) is 3.07. The molecule has 0 saturated carbocycles. The van der Waals surface area contributed by atoms with Crippen LogP contribution < -0.4 is 5.32 Å². The van der Waals surface area contributed by atoms with Gasteiger partial charge in [-0.3, -0.25) is 0 Å². The third-order valence-electron chi connectivity index (χ3n) is 1.98. The fraction of sp³-hybridized carbons (Fsp3) is 0.375. The highest BCUT2D eigenvalue weighted by Gasteiger charge is 2.08. The van der Waals surface area contributed by atoms with Crippen LogP contribution >= 0.6 is 0 Å². The number of H-pyrrole nitrogens is 1. The molecule has 0 aliphatic carbocycles. The summed E-state index contributed by atoms with van der Waals surface area (Å²) in [6, 6.07) is 1.90. The second-order valence-corrected chi connectivity index (χ2v) is 3.07. The SMILES string of the molecule is CC(NCc1ccncn1)c1nn[nH]n1. The summed E-state index contributed by atoms with van der Waals surface area (Å²) in [4.78, 5) is 7.94. The molecule has 2 N–H and O–H groups in total. The standard InChI is InChI=1S/C8H11N7/c1-6(8-12-14-15-13-8)10-4-7-2-3-9-5-11-7/h2-3,5-6,10H,4H2,1H3,(H,12,13,14,15). The van der Waals surface area contributed by atoms with Crippen molar-refractivity contribution in [3.63, 3.8) is 0 Å². The van der Waals surface area contributed by atoms with Crippen LogP contribution in [0, 0.1) is 0 Å². The molecule has 2 aromatic heterocycles. The van der Waals surface area contributed by atoms with Crippen molar-refractivity contribution in [1.29, 1.82) is 0 Å². The van der Waals surface area contributed by atoms with E-state index in [2.05, 4.69) is 35.9 Å². The summed E-state index contributed by atoms with van der Waals surface area (Å²) in [5.74, 6) is 0.643. The average molecular weight is 205 g/mol. The monoisotopic (exact) mass is 205 g/mol. The van der Waals surface area contributed by atoms with Gasteiger partial charge >= 0.3 is 0 Å². The molecular formula is C8H11N7. The van der Waals surface area contributed by atoms with Gasteiger partial charge in [-0.05, 0) is 13.0 Å². The van der Waals surface area contributed by atoms with Crippen LogP contribution in [0.15, 0.2) is 18.6 Å². The number of nitrogens with one attached hydrogen (secondary N) is 2. The zero-order chi connectivity index (χ0) is 10.5. The average Bonchev–Trinajstić information content (AvgIpc) is 2.81. The lowest BCUT2D eigenvalue weighted by Gasteiger charge is -2.08. The molecule has 78 valence electrons. The van der Waals surface area contributed by atoms with Crippen LogP contribution in [0.5, 0.6) is 0 Å². The highest BCUT2D eigenvalue weighted by molar-refractivity contribution is 4.98.